The summed E-state index contributed by atoms with van der Waals surface area (Å²) in [5, 5.41) is 8.65. The van der Waals surface area contributed by atoms with E-state index in [4.69, 9.17) is 9.97 Å². The van der Waals surface area contributed by atoms with E-state index in [1.807, 2.05) is 24.4 Å². The van der Waals surface area contributed by atoms with Gasteiger partial charge in [-0.25, -0.2) is 24.4 Å². The van der Waals surface area contributed by atoms with Gasteiger partial charge in [-0.3, -0.25) is 5.01 Å². The first-order valence-electron chi connectivity index (χ1n) is 11.0. The van der Waals surface area contributed by atoms with Crippen LogP contribution in [0.2, 0.25) is 0 Å². The molecule has 0 unspecified atom stereocenters. The number of rotatable bonds is 6. The highest BCUT2D eigenvalue weighted by Gasteiger charge is 2.19. The highest BCUT2D eigenvalue weighted by atomic mass is 19.1. The maximum absolute atomic E-state index is 13.5. The molecule has 7 heteroatoms. The molecule has 6 nitrogen and oxygen atoms in total. The molecule has 32 heavy (non-hydrogen) atoms. The van der Waals surface area contributed by atoms with Gasteiger partial charge < -0.3 is 5.32 Å². The number of aromatic nitrogens is 3. The largest absolute Gasteiger partial charge is 0.324 e. The van der Waals surface area contributed by atoms with Crippen molar-refractivity contribution in [3.05, 3.63) is 72.8 Å². The molecule has 0 saturated carbocycles. The quantitative estimate of drug-likeness (QED) is 0.443. The maximum Gasteiger partial charge on any atom is 0.227 e. The second-order valence-electron chi connectivity index (χ2n) is 7.85. The fraction of sp³-hybridized carbons (Fsp3) is 0.240. The number of hydrazine groups is 1. The van der Waals surface area contributed by atoms with Crippen LogP contribution in [0.1, 0.15) is 19.8 Å². The normalized spacial score (nSPS) is 14.1. The van der Waals surface area contributed by atoms with Crippen LogP contribution in [0.5, 0.6) is 0 Å². The number of halogens is 1. The van der Waals surface area contributed by atoms with E-state index >= 15 is 0 Å². The van der Waals surface area contributed by atoms with Gasteiger partial charge >= 0.3 is 0 Å². The van der Waals surface area contributed by atoms with E-state index in [0.29, 0.717) is 11.6 Å². The summed E-state index contributed by atoms with van der Waals surface area (Å²) in [5.74, 6) is 1.07. The molecular formula is C25H25FN6. The molecule has 0 spiro atoms. The molecule has 1 saturated heterocycles. The van der Waals surface area contributed by atoms with Gasteiger partial charge in [-0.1, -0.05) is 24.3 Å². The molecule has 1 aliphatic heterocycles. The molecule has 0 aliphatic carbocycles. The predicted octanol–water partition coefficient (Wildman–Crippen LogP) is 5.41. The van der Waals surface area contributed by atoms with Crippen LogP contribution in [0.3, 0.4) is 0 Å². The SMILES string of the molecule is CCN(c1ccc(-c2cccc3cnc(Nc4cccc(F)c4)nc23)cn1)N1CCCC1. The Hall–Kier alpha value is -3.58. The zero-order valence-corrected chi connectivity index (χ0v) is 18.0. The monoisotopic (exact) mass is 428 g/mol. The summed E-state index contributed by atoms with van der Waals surface area (Å²) in [5.41, 5.74) is 3.40. The molecule has 3 heterocycles. The Bertz CT molecular complexity index is 1220. The number of fused-ring (bicyclic) bond motifs is 1. The Morgan fingerprint density at radius 3 is 2.59 bits per heavy atom. The van der Waals surface area contributed by atoms with E-state index in [0.717, 1.165) is 47.5 Å². The number of pyridine rings is 1. The van der Waals surface area contributed by atoms with Crippen LogP contribution in [-0.4, -0.2) is 39.6 Å². The Balaban J connectivity index is 1.46. The van der Waals surface area contributed by atoms with Gasteiger partial charge in [0.05, 0.1) is 5.52 Å². The number of anilines is 3. The molecule has 0 amide bonds. The van der Waals surface area contributed by atoms with Crippen molar-refractivity contribution >= 4 is 28.4 Å². The molecule has 5 rings (SSSR count). The van der Waals surface area contributed by atoms with Crippen molar-refractivity contribution in [2.45, 2.75) is 19.8 Å². The lowest BCUT2D eigenvalue weighted by Crippen LogP contribution is -2.41. The highest BCUT2D eigenvalue weighted by Crippen LogP contribution is 2.29. The van der Waals surface area contributed by atoms with E-state index < -0.39 is 0 Å². The molecule has 0 bridgehead atoms. The van der Waals surface area contributed by atoms with Crippen LogP contribution in [0.25, 0.3) is 22.0 Å². The van der Waals surface area contributed by atoms with E-state index in [1.165, 1.54) is 25.0 Å². The van der Waals surface area contributed by atoms with Gasteiger partial charge in [-0.15, -0.1) is 0 Å². The molecule has 1 fully saturated rings. The summed E-state index contributed by atoms with van der Waals surface area (Å²) in [6, 6.07) is 16.4. The van der Waals surface area contributed by atoms with Gasteiger partial charge in [0.2, 0.25) is 5.95 Å². The third kappa shape index (κ3) is 4.11. The fourth-order valence-electron chi connectivity index (χ4n) is 4.19. The lowest BCUT2D eigenvalue weighted by molar-refractivity contribution is 0.309. The zero-order chi connectivity index (χ0) is 21.9. The summed E-state index contributed by atoms with van der Waals surface area (Å²) >= 11 is 0. The maximum atomic E-state index is 13.5. The predicted molar refractivity (Wildman–Crippen MR) is 126 cm³/mol. The van der Waals surface area contributed by atoms with Crippen LogP contribution >= 0.6 is 0 Å². The topological polar surface area (TPSA) is 57.2 Å². The first kappa shape index (κ1) is 20.3. The summed E-state index contributed by atoms with van der Waals surface area (Å²) in [6.45, 7) is 5.21. The molecule has 0 atom stereocenters. The fourth-order valence-corrected chi connectivity index (χ4v) is 4.19. The number of hydrogen-bond acceptors (Lipinski definition) is 6. The minimum Gasteiger partial charge on any atom is -0.324 e. The van der Waals surface area contributed by atoms with Gasteiger partial charge in [0.15, 0.2) is 0 Å². The first-order valence-corrected chi connectivity index (χ1v) is 11.0. The average Bonchev–Trinajstić information content (AvgIpc) is 3.34. The molecule has 1 aliphatic rings. The summed E-state index contributed by atoms with van der Waals surface area (Å²) < 4.78 is 13.5. The second kappa shape index (κ2) is 8.88. The smallest absolute Gasteiger partial charge is 0.227 e. The molecule has 162 valence electrons. The Morgan fingerprint density at radius 1 is 1.00 bits per heavy atom. The van der Waals surface area contributed by atoms with Crippen LogP contribution in [0, 0.1) is 5.82 Å². The third-order valence-corrected chi connectivity index (χ3v) is 5.74. The molecule has 4 aromatic rings. The summed E-state index contributed by atoms with van der Waals surface area (Å²) in [6.07, 6.45) is 6.15. The number of nitrogens with one attached hydrogen (secondary N) is 1. The summed E-state index contributed by atoms with van der Waals surface area (Å²) in [7, 11) is 0. The Morgan fingerprint density at radius 2 is 1.84 bits per heavy atom. The van der Waals surface area contributed by atoms with Gasteiger partial charge in [0.1, 0.15) is 11.6 Å². The van der Waals surface area contributed by atoms with Gasteiger partial charge in [0.25, 0.3) is 0 Å². The van der Waals surface area contributed by atoms with Crippen molar-refractivity contribution in [1.29, 1.82) is 0 Å². The van der Waals surface area contributed by atoms with Crippen LogP contribution in [0.15, 0.2) is 67.0 Å². The lowest BCUT2D eigenvalue weighted by Gasteiger charge is -2.31. The van der Waals surface area contributed by atoms with E-state index in [9.17, 15) is 4.39 Å². The van der Waals surface area contributed by atoms with Crippen LogP contribution in [0.4, 0.5) is 21.8 Å². The van der Waals surface area contributed by atoms with Crippen molar-refractivity contribution in [3.8, 4) is 11.1 Å². The number of benzene rings is 2. The minimum atomic E-state index is -0.308. The minimum absolute atomic E-state index is 0.308. The molecular weight excluding hydrogens is 403 g/mol. The lowest BCUT2D eigenvalue weighted by atomic mass is 10.0. The zero-order valence-electron chi connectivity index (χ0n) is 18.0. The van der Waals surface area contributed by atoms with E-state index in [-0.39, 0.29) is 5.82 Å². The third-order valence-electron chi connectivity index (χ3n) is 5.74. The van der Waals surface area contributed by atoms with Crippen molar-refractivity contribution < 1.29 is 4.39 Å². The van der Waals surface area contributed by atoms with Crippen LogP contribution < -0.4 is 10.3 Å². The summed E-state index contributed by atoms with van der Waals surface area (Å²) in [4.78, 5) is 13.9. The van der Waals surface area contributed by atoms with E-state index in [1.54, 1.807) is 18.3 Å². The van der Waals surface area contributed by atoms with Crippen molar-refractivity contribution in [2.24, 2.45) is 0 Å². The van der Waals surface area contributed by atoms with Crippen molar-refractivity contribution in [3.63, 3.8) is 0 Å². The Kier molecular flexibility index (Phi) is 5.64. The molecule has 0 radical (unpaired) electrons. The van der Waals surface area contributed by atoms with Crippen LogP contribution in [-0.2, 0) is 0 Å². The number of hydrogen-bond donors (Lipinski definition) is 1. The first-order chi connectivity index (χ1) is 15.7. The second-order valence-corrected chi connectivity index (χ2v) is 7.85. The van der Waals surface area contributed by atoms with Gasteiger partial charge in [-0.2, -0.15) is 0 Å². The number of nitrogens with zero attached hydrogens (tertiary/aromatic N) is 5. The highest BCUT2D eigenvalue weighted by molar-refractivity contribution is 5.93. The molecule has 2 aromatic carbocycles. The van der Waals surface area contributed by atoms with Gasteiger partial charge in [0, 0.05) is 54.2 Å². The van der Waals surface area contributed by atoms with Crippen molar-refractivity contribution in [2.75, 3.05) is 30.0 Å². The average molecular weight is 429 g/mol. The Labute approximate surface area is 186 Å². The van der Waals surface area contributed by atoms with E-state index in [2.05, 4.69) is 39.4 Å². The molecule has 2 aromatic heterocycles. The standard InChI is InChI=1S/C25H25FN6/c1-2-32(31-13-3-4-14-31)23-12-11-18(16-27-23)22-10-5-7-19-17-28-25(30-24(19)22)29-21-9-6-8-20(26)15-21/h5-12,15-17H,2-4,13-14H2,1H3,(H,28,29,30). The number of para-hydroxylation sites is 1. The molecule has 1 N–H and O–H groups in total. The van der Waals surface area contributed by atoms with Gasteiger partial charge in [-0.05, 0) is 50.1 Å². The van der Waals surface area contributed by atoms with Crippen molar-refractivity contribution in [1.82, 2.24) is 20.0 Å².